The lowest BCUT2D eigenvalue weighted by molar-refractivity contribution is 0.0739. The van der Waals surface area contributed by atoms with Gasteiger partial charge in [0, 0.05) is 24.3 Å². The van der Waals surface area contributed by atoms with Crippen molar-refractivity contribution in [3.8, 4) is 6.07 Å². The Morgan fingerprint density at radius 2 is 1.89 bits per heavy atom. The van der Waals surface area contributed by atoms with E-state index in [-0.39, 0.29) is 11.8 Å². The lowest BCUT2D eigenvalue weighted by atomic mass is 9.98. The molecule has 0 unspecified atom stereocenters. The number of hydrogen-bond acceptors (Lipinski definition) is 4. The van der Waals surface area contributed by atoms with E-state index in [9.17, 15) is 9.59 Å². The molecule has 3 aromatic rings. The average Bonchev–Trinajstić information content (AvgIpc) is 3.27. The third-order valence-corrected chi connectivity index (χ3v) is 5.63. The Morgan fingerprint density at radius 1 is 1.07 bits per heavy atom. The van der Waals surface area contributed by atoms with Crippen molar-refractivity contribution < 1.29 is 9.59 Å². The van der Waals surface area contributed by atoms with Crippen LogP contribution in [0.3, 0.4) is 0 Å². The molecule has 0 radical (unpaired) electrons. The number of carbonyl (C=O) groups excluding carboxylic acids is 2. The van der Waals surface area contributed by atoms with Crippen LogP contribution in [0.1, 0.15) is 36.7 Å². The van der Waals surface area contributed by atoms with E-state index in [1.165, 1.54) is 16.9 Å². The van der Waals surface area contributed by atoms with Gasteiger partial charge in [0.25, 0.3) is 11.8 Å². The first-order chi connectivity index (χ1) is 13.6. The highest BCUT2D eigenvalue weighted by atomic mass is 32.1. The quantitative estimate of drug-likeness (QED) is 0.736. The molecular weight excluding hydrogens is 370 g/mol. The van der Waals surface area contributed by atoms with Crippen molar-refractivity contribution in [2.24, 2.45) is 0 Å². The zero-order valence-electron chi connectivity index (χ0n) is 15.0. The van der Waals surface area contributed by atoms with Crippen LogP contribution in [0, 0.1) is 11.3 Å². The molecular formula is C22H17N3O2S. The van der Waals surface area contributed by atoms with E-state index in [2.05, 4.69) is 5.32 Å². The summed E-state index contributed by atoms with van der Waals surface area (Å²) in [6.45, 7) is 1.23. The lowest BCUT2D eigenvalue weighted by Gasteiger charge is -2.29. The van der Waals surface area contributed by atoms with Gasteiger partial charge in [-0.05, 0) is 65.4 Å². The maximum absolute atomic E-state index is 12.6. The smallest absolute Gasteiger partial charge is 0.264 e. The molecule has 2 aromatic carbocycles. The number of anilines is 1. The van der Waals surface area contributed by atoms with Crippen molar-refractivity contribution >= 4 is 28.8 Å². The van der Waals surface area contributed by atoms with E-state index >= 15 is 0 Å². The molecule has 1 aromatic heterocycles. The summed E-state index contributed by atoms with van der Waals surface area (Å²) in [5.41, 5.74) is 3.95. The highest BCUT2D eigenvalue weighted by Crippen LogP contribution is 2.25. The molecule has 5 nitrogen and oxygen atoms in total. The fraction of sp³-hybridized carbons (Fsp3) is 0.136. The van der Waals surface area contributed by atoms with Gasteiger partial charge >= 0.3 is 0 Å². The van der Waals surface area contributed by atoms with E-state index < -0.39 is 0 Å². The van der Waals surface area contributed by atoms with Gasteiger partial charge in [0.05, 0.1) is 16.5 Å². The van der Waals surface area contributed by atoms with Gasteiger partial charge in [-0.1, -0.05) is 12.1 Å². The second-order valence-electron chi connectivity index (χ2n) is 6.58. The molecule has 0 saturated carbocycles. The van der Waals surface area contributed by atoms with Crippen molar-refractivity contribution in [3.63, 3.8) is 0 Å². The van der Waals surface area contributed by atoms with Crippen LogP contribution in [-0.4, -0.2) is 23.3 Å². The number of fused-ring (bicyclic) bond motifs is 1. The fourth-order valence-corrected chi connectivity index (χ4v) is 3.95. The molecule has 0 aliphatic carbocycles. The number of nitrogens with one attached hydrogen (secondary N) is 1. The summed E-state index contributed by atoms with van der Waals surface area (Å²) in [7, 11) is 0. The molecule has 0 atom stereocenters. The van der Waals surface area contributed by atoms with Gasteiger partial charge in [-0.15, -0.1) is 11.3 Å². The second-order valence-corrected chi connectivity index (χ2v) is 7.53. The Hall–Kier alpha value is -3.43. The number of hydrogen-bond donors (Lipinski definition) is 1. The van der Waals surface area contributed by atoms with Crippen LogP contribution in [0.4, 0.5) is 5.69 Å². The first-order valence-electron chi connectivity index (χ1n) is 8.90. The van der Waals surface area contributed by atoms with E-state index in [1.807, 2.05) is 46.7 Å². The zero-order valence-corrected chi connectivity index (χ0v) is 15.8. The van der Waals surface area contributed by atoms with Crippen LogP contribution in [0.5, 0.6) is 0 Å². The molecule has 1 aliphatic rings. The highest BCUT2D eigenvalue weighted by molar-refractivity contribution is 7.12. The van der Waals surface area contributed by atoms with Crippen LogP contribution >= 0.6 is 11.3 Å². The summed E-state index contributed by atoms with van der Waals surface area (Å²) in [4.78, 5) is 27.7. The van der Waals surface area contributed by atoms with Gasteiger partial charge in [-0.2, -0.15) is 5.26 Å². The van der Waals surface area contributed by atoms with Gasteiger partial charge in [0.2, 0.25) is 0 Å². The van der Waals surface area contributed by atoms with Gasteiger partial charge in [0.1, 0.15) is 0 Å². The number of carbonyl (C=O) groups is 2. The highest BCUT2D eigenvalue weighted by Gasteiger charge is 2.22. The van der Waals surface area contributed by atoms with E-state index in [4.69, 9.17) is 5.26 Å². The van der Waals surface area contributed by atoms with E-state index in [1.54, 1.807) is 24.3 Å². The van der Waals surface area contributed by atoms with Crippen LogP contribution in [0.15, 0.2) is 60.0 Å². The largest absolute Gasteiger partial charge is 0.333 e. The Kier molecular flexibility index (Phi) is 4.92. The van der Waals surface area contributed by atoms with Crippen molar-refractivity contribution in [1.82, 2.24) is 4.90 Å². The van der Waals surface area contributed by atoms with E-state index in [0.717, 1.165) is 16.9 Å². The van der Waals surface area contributed by atoms with Crippen LogP contribution in [0.25, 0.3) is 0 Å². The van der Waals surface area contributed by atoms with Gasteiger partial charge in [-0.25, -0.2) is 0 Å². The topological polar surface area (TPSA) is 73.2 Å². The van der Waals surface area contributed by atoms with Crippen molar-refractivity contribution in [1.29, 1.82) is 5.26 Å². The van der Waals surface area contributed by atoms with Crippen LogP contribution in [-0.2, 0) is 13.0 Å². The Morgan fingerprint density at radius 3 is 2.61 bits per heavy atom. The second kappa shape index (κ2) is 7.67. The predicted octanol–water partition coefficient (Wildman–Crippen LogP) is 4.07. The van der Waals surface area contributed by atoms with Crippen LogP contribution < -0.4 is 5.32 Å². The van der Waals surface area contributed by atoms with Crippen molar-refractivity contribution in [3.05, 3.63) is 87.1 Å². The third-order valence-electron chi connectivity index (χ3n) is 4.77. The molecule has 2 amide bonds. The van der Waals surface area contributed by atoms with Gasteiger partial charge in [-0.3, -0.25) is 9.59 Å². The molecule has 2 heterocycles. The number of nitriles is 1. The molecule has 0 bridgehead atoms. The minimum atomic E-state index is -0.230. The minimum Gasteiger partial charge on any atom is -0.333 e. The number of amides is 2. The third kappa shape index (κ3) is 3.66. The van der Waals surface area contributed by atoms with Crippen molar-refractivity contribution in [2.45, 2.75) is 13.0 Å². The minimum absolute atomic E-state index is 0.0488. The number of thiophene rings is 1. The molecule has 4 rings (SSSR count). The summed E-state index contributed by atoms with van der Waals surface area (Å²) in [6.07, 6.45) is 0.802. The summed E-state index contributed by atoms with van der Waals surface area (Å²) in [5, 5.41) is 13.7. The molecule has 0 fully saturated rings. The Balaban J connectivity index is 1.49. The molecule has 6 heteroatoms. The predicted molar refractivity (Wildman–Crippen MR) is 108 cm³/mol. The molecule has 1 N–H and O–H groups in total. The zero-order chi connectivity index (χ0) is 19.5. The Bertz CT molecular complexity index is 1070. The summed E-state index contributed by atoms with van der Waals surface area (Å²) < 4.78 is 0. The summed E-state index contributed by atoms with van der Waals surface area (Å²) in [5.74, 6) is -0.181. The molecule has 28 heavy (non-hydrogen) atoms. The maximum atomic E-state index is 12.6. The standard InChI is InChI=1S/C22H17N3O2S/c23-13-15-3-5-17(6-4-15)21(26)24-19-8-7-16-9-10-25(14-18(16)12-19)22(27)20-2-1-11-28-20/h1-8,11-12H,9-10,14H2,(H,24,26). The molecule has 0 spiro atoms. The first kappa shape index (κ1) is 18.0. The summed E-state index contributed by atoms with van der Waals surface area (Å²) >= 11 is 1.45. The van der Waals surface area contributed by atoms with Crippen LogP contribution in [0.2, 0.25) is 0 Å². The normalized spacial score (nSPS) is 12.8. The molecule has 138 valence electrons. The monoisotopic (exact) mass is 387 g/mol. The Labute approximate surface area is 166 Å². The SMILES string of the molecule is N#Cc1ccc(C(=O)Nc2ccc3c(c2)CN(C(=O)c2cccs2)CC3)cc1. The fourth-order valence-electron chi connectivity index (χ4n) is 3.26. The number of nitrogens with zero attached hydrogens (tertiary/aromatic N) is 2. The molecule has 1 aliphatic heterocycles. The van der Waals surface area contributed by atoms with E-state index in [0.29, 0.717) is 29.9 Å². The molecule has 0 saturated heterocycles. The average molecular weight is 387 g/mol. The summed E-state index contributed by atoms with van der Waals surface area (Å²) in [6, 6.07) is 18.1. The number of benzene rings is 2. The maximum Gasteiger partial charge on any atom is 0.264 e. The van der Waals surface area contributed by atoms with Gasteiger partial charge in [0.15, 0.2) is 0 Å². The lowest BCUT2D eigenvalue weighted by Crippen LogP contribution is -2.35. The number of rotatable bonds is 3. The first-order valence-corrected chi connectivity index (χ1v) is 9.78. The van der Waals surface area contributed by atoms with Gasteiger partial charge < -0.3 is 10.2 Å². The van der Waals surface area contributed by atoms with Crippen molar-refractivity contribution in [2.75, 3.05) is 11.9 Å².